The number of aliphatic hydroxyl groups is 2. The van der Waals surface area contributed by atoms with Crippen LogP contribution in [0.15, 0.2) is 77.4 Å². The summed E-state index contributed by atoms with van der Waals surface area (Å²) >= 11 is 0. The largest absolute Gasteiger partial charge is 0.507 e. The molecule has 44 heavy (non-hydrogen) atoms. The number of ether oxygens (including phenoxy) is 1. The summed E-state index contributed by atoms with van der Waals surface area (Å²) in [5.74, 6) is -3.16. The molecule has 3 aliphatic rings. The van der Waals surface area contributed by atoms with E-state index in [4.69, 9.17) is 4.74 Å². The molecular weight excluding hydrogens is 556 g/mol. The van der Waals surface area contributed by atoms with Crippen LogP contribution in [0.1, 0.15) is 55.4 Å². The zero-order valence-electron chi connectivity index (χ0n) is 25.1. The Morgan fingerprint density at radius 3 is 2.16 bits per heavy atom. The van der Waals surface area contributed by atoms with Gasteiger partial charge in [0, 0.05) is 11.5 Å². The maximum Gasteiger partial charge on any atom is 0.206 e. The SMILES string of the molecule is COc1ccc(CCCc2ccc(-c3ccc(O)c4c3C[C@@H]3C[C@@H]5CC(C)=C(C(C)=O)C(=O)[C@]5(O)C(=O)C3=C4O)cc2)cc1. The first kappa shape index (κ1) is 29.6. The van der Waals surface area contributed by atoms with Crippen LogP contribution < -0.4 is 4.74 Å². The Balaban J connectivity index is 1.28. The molecule has 0 radical (unpaired) electrons. The molecule has 0 unspecified atom stereocenters. The number of Topliss-reactive ketones (excluding diaryl/α,β-unsaturated/α-hetero) is 3. The molecule has 3 aliphatic carbocycles. The molecule has 3 atom stereocenters. The van der Waals surface area contributed by atoms with Crippen LogP contribution in [0, 0.1) is 11.8 Å². The van der Waals surface area contributed by atoms with Gasteiger partial charge in [-0.15, -0.1) is 0 Å². The lowest BCUT2D eigenvalue weighted by Gasteiger charge is -2.46. The van der Waals surface area contributed by atoms with E-state index < -0.39 is 40.5 Å². The van der Waals surface area contributed by atoms with Crippen molar-refractivity contribution in [2.24, 2.45) is 11.8 Å². The first-order chi connectivity index (χ1) is 21.0. The summed E-state index contributed by atoms with van der Waals surface area (Å²) in [6.45, 7) is 2.94. The standard InChI is InChI=1S/C37H36O7/c1-20-17-26-18-25-19-29-28(24-11-7-22(8-12-24)5-4-6-23-9-13-27(44-3)14-10-23)15-16-30(39)33(29)34(40)32(25)36(42)37(26,43)35(41)31(20)21(2)38/h7-16,25-26,39-40,43H,4-6,17-19H2,1-3H3/t25-,26-,37-/m0/s1. The Morgan fingerprint density at radius 1 is 0.909 bits per heavy atom. The first-order valence-electron chi connectivity index (χ1n) is 15.1. The zero-order valence-corrected chi connectivity index (χ0v) is 25.1. The number of carbonyl (C=O) groups excluding carboxylic acids is 3. The van der Waals surface area contributed by atoms with Crippen LogP contribution in [-0.2, 0) is 33.6 Å². The second kappa shape index (κ2) is 11.2. The van der Waals surface area contributed by atoms with E-state index in [9.17, 15) is 29.7 Å². The maximum atomic E-state index is 13.8. The van der Waals surface area contributed by atoms with Crippen LogP contribution in [0.5, 0.6) is 11.5 Å². The third-order valence-electron chi connectivity index (χ3n) is 9.65. The predicted molar refractivity (Wildman–Crippen MR) is 166 cm³/mol. The number of benzene rings is 3. The molecule has 3 aromatic carbocycles. The van der Waals surface area contributed by atoms with Crippen LogP contribution in [0.4, 0.5) is 0 Å². The summed E-state index contributed by atoms with van der Waals surface area (Å²) in [5, 5.41) is 33.8. The fourth-order valence-electron chi connectivity index (χ4n) is 7.43. The van der Waals surface area contributed by atoms with Crippen LogP contribution >= 0.6 is 0 Å². The average Bonchev–Trinajstić information content (AvgIpc) is 3.00. The van der Waals surface area contributed by atoms with E-state index in [-0.39, 0.29) is 35.3 Å². The van der Waals surface area contributed by atoms with Crippen LogP contribution in [0.3, 0.4) is 0 Å². The fourth-order valence-corrected chi connectivity index (χ4v) is 7.43. The minimum absolute atomic E-state index is 0.0493. The zero-order chi connectivity index (χ0) is 31.3. The Bertz CT molecular complexity index is 1740. The minimum Gasteiger partial charge on any atom is -0.507 e. The highest BCUT2D eigenvalue weighted by atomic mass is 16.5. The van der Waals surface area contributed by atoms with Gasteiger partial charge >= 0.3 is 0 Å². The number of hydrogen-bond acceptors (Lipinski definition) is 7. The molecule has 1 fully saturated rings. The van der Waals surface area contributed by atoms with E-state index in [2.05, 4.69) is 24.3 Å². The van der Waals surface area contributed by atoms with Crippen molar-refractivity contribution in [2.45, 2.75) is 58.0 Å². The molecular formula is C37H36O7. The lowest BCUT2D eigenvalue weighted by atomic mass is 9.57. The smallest absolute Gasteiger partial charge is 0.206 e. The van der Waals surface area contributed by atoms with Gasteiger partial charge in [-0.3, -0.25) is 14.4 Å². The third kappa shape index (κ3) is 4.76. The normalized spacial score (nSPS) is 22.8. The highest BCUT2D eigenvalue weighted by Crippen LogP contribution is 2.52. The van der Waals surface area contributed by atoms with Gasteiger partial charge in [0.1, 0.15) is 17.3 Å². The van der Waals surface area contributed by atoms with Crippen LogP contribution in [-0.4, -0.2) is 45.4 Å². The predicted octanol–water partition coefficient (Wildman–Crippen LogP) is 5.88. The lowest BCUT2D eigenvalue weighted by Crippen LogP contribution is -2.61. The third-order valence-corrected chi connectivity index (χ3v) is 9.65. The molecule has 0 aromatic heterocycles. The summed E-state index contributed by atoms with van der Waals surface area (Å²) in [7, 11) is 1.66. The van der Waals surface area contributed by atoms with E-state index in [1.54, 1.807) is 14.0 Å². The van der Waals surface area contributed by atoms with E-state index in [0.29, 0.717) is 12.0 Å². The molecule has 0 aliphatic heterocycles. The number of phenols is 1. The Hall–Kier alpha value is -4.49. The molecule has 3 N–H and O–H groups in total. The number of ketones is 3. The van der Waals surface area contributed by atoms with E-state index in [1.807, 2.05) is 30.3 Å². The van der Waals surface area contributed by atoms with Crippen LogP contribution in [0.25, 0.3) is 16.9 Å². The number of aromatic hydroxyl groups is 1. The Kier molecular flexibility index (Phi) is 7.54. The number of methoxy groups -OCH3 is 1. The Morgan fingerprint density at radius 2 is 1.55 bits per heavy atom. The molecule has 3 aromatic rings. The average molecular weight is 593 g/mol. The first-order valence-corrected chi connectivity index (χ1v) is 15.1. The molecule has 226 valence electrons. The summed E-state index contributed by atoms with van der Waals surface area (Å²) in [6.07, 6.45) is 3.76. The molecule has 0 spiro atoms. The molecule has 7 heteroatoms. The Labute approximate surface area is 256 Å². The summed E-state index contributed by atoms with van der Waals surface area (Å²) in [4.78, 5) is 39.4. The molecule has 0 bridgehead atoms. The van der Waals surface area contributed by atoms with Gasteiger partial charge in [0.2, 0.25) is 11.6 Å². The number of phenolic OH excluding ortho intramolecular Hbond substituents is 1. The fraction of sp³-hybridized carbons (Fsp3) is 0.324. The minimum atomic E-state index is -2.41. The second-order valence-electron chi connectivity index (χ2n) is 12.3. The number of hydrogen-bond donors (Lipinski definition) is 3. The van der Waals surface area contributed by atoms with Gasteiger partial charge in [0.05, 0.1) is 18.2 Å². The van der Waals surface area contributed by atoms with Gasteiger partial charge in [-0.25, -0.2) is 0 Å². The van der Waals surface area contributed by atoms with Crippen molar-refractivity contribution < 1.29 is 34.4 Å². The highest BCUT2D eigenvalue weighted by molar-refractivity contribution is 6.33. The van der Waals surface area contributed by atoms with Gasteiger partial charge in [0.15, 0.2) is 11.4 Å². The molecule has 0 saturated heterocycles. The highest BCUT2D eigenvalue weighted by Gasteiger charge is 2.60. The van der Waals surface area contributed by atoms with E-state index in [0.717, 1.165) is 41.7 Å². The van der Waals surface area contributed by atoms with Crippen molar-refractivity contribution in [3.05, 3.63) is 99.6 Å². The molecule has 0 amide bonds. The quantitative estimate of drug-likeness (QED) is 0.231. The van der Waals surface area contributed by atoms with Crippen molar-refractivity contribution in [2.75, 3.05) is 7.11 Å². The molecule has 0 heterocycles. The van der Waals surface area contributed by atoms with Crippen molar-refractivity contribution in [3.63, 3.8) is 0 Å². The number of rotatable bonds is 7. The van der Waals surface area contributed by atoms with Crippen molar-refractivity contribution >= 4 is 23.1 Å². The van der Waals surface area contributed by atoms with Gasteiger partial charge in [-0.2, -0.15) is 0 Å². The number of carbonyl (C=O) groups is 3. The maximum absolute atomic E-state index is 13.8. The molecule has 1 saturated carbocycles. The van der Waals surface area contributed by atoms with Gasteiger partial charge < -0.3 is 20.1 Å². The number of aliphatic hydroxyl groups excluding tert-OH is 1. The van der Waals surface area contributed by atoms with Crippen molar-refractivity contribution in [3.8, 4) is 22.6 Å². The lowest BCUT2D eigenvalue weighted by molar-refractivity contribution is -0.157. The topological polar surface area (TPSA) is 121 Å². The van der Waals surface area contributed by atoms with E-state index in [1.165, 1.54) is 24.1 Å². The van der Waals surface area contributed by atoms with Gasteiger partial charge in [-0.1, -0.05) is 48.0 Å². The van der Waals surface area contributed by atoms with Crippen LogP contribution in [0.2, 0.25) is 0 Å². The summed E-state index contributed by atoms with van der Waals surface area (Å²) < 4.78 is 5.23. The number of aryl methyl sites for hydroxylation is 2. The number of allylic oxidation sites excluding steroid dienone is 1. The van der Waals surface area contributed by atoms with E-state index >= 15 is 0 Å². The number of fused-ring (bicyclic) bond motifs is 3. The van der Waals surface area contributed by atoms with Crippen molar-refractivity contribution in [1.29, 1.82) is 0 Å². The molecule has 7 nitrogen and oxygen atoms in total. The van der Waals surface area contributed by atoms with Gasteiger partial charge in [-0.05, 0) is 104 Å². The second-order valence-corrected chi connectivity index (χ2v) is 12.3. The van der Waals surface area contributed by atoms with Gasteiger partial charge in [0.25, 0.3) is 0 Å². The molecule has 6 rings (SSSR count). The summed E-state index contributed by atoms with van der Waals surface area (Å²) in [5.41, 5.74) is 3.07. The monoisotopic (exact) mass is 592 g/mol. The van der Waals surface area contributed by atoms with Crippen molar-refractivity contribution in [1.82, 2.24) is 0 Å². The summed E-state index contributed by atoms with van der Waals surface area (Å²) in [6, 6.07) is 19.7.